The molecule has 0 bridgehead atoms. The maximum absolute atomic E-state index is 15.0. The van der Waals surface area contributed by atoms with E-state index in [2.05, 4.69) is 48.3 Å². The van der Waals surface area contributed by atoms with Gasteiger partial charge in [-0.1, -0.05) is 0 Å². The normalized spacial score (nSPS) is 23.1. The van der Waals surface area contributed by atoms with Crippen LogP contribution in [0, 0.1) is 11.3 Å². The highest BCUT2D eigenvalue weighted by Crippen LogP contribution is 2.30. The summed E-state index contributed by atoms with van der Waals surface area (Å²) in [5.74, 6) is 0.445. The van der Waals surface area contributed by atoms with Crippen LogP contribution in [0.1, 0.15) is 25.8 Å². The standard InChI is InChI=1S/C32H37FN8O4/c1-20-13-29(27(33)16-41(20)31(43)21(2)42)45-28-8-3-22(14-23(28)15-34)30-35-19-36-32(38-30)37-24-4-6-25(7-5-24)39-9-11-40(12-10-39)26-17-44-18-26/h3-8,14,19-21,26-27,29,42H,9-13,16-18H2,1-2H3,(H,35,36,37,38)/t20-,21-,27-,29-/m0/s1. The van der Waals surface area contributed by atoms with E-state index >= 15 is 4.39 Å². The molecule has 45 heavy (non-hydrogen) atoms. The van der Waals surface area contributed by atoms with E-state index in [1.54, 1.807) is 25.1 Å². The van der Waals surface area contributed by atoms with Crippen LogP contribution in [0.3, 0.4) is 0 Å². The molecule has 2 N–H and O–H groups in total. The fourth-order valence-corrected chi connectivity index (χ4v) is 5.95. The number of aliphatic hydroxyl groups is 1. The quantitative estimate of drug-likeness (QED) is 0.386. The number of nitrogens with one attached hydrogen (secondary N) is 1. The molecule has 0 spiro atoms. The Bertz CT molecular complexity index is 1540. The van der Waals surface area contributed by atoms with Crippen LogP contribution in [-0.2, 0) is 9.53 Å². The number of anilines is 3. The summed E-state index contributed by atoms with van der Waals surface area (Å²) in [5, 5.41) is 22.7. The summed E-state index contributed by atoms with van der Waals surface area (Å²) in [5.41, 5.74) is 2.79. The van der Waals surface area contributed by atoms with Gasteiger partial charge in [-0.3, -0.25) is 9.69 Å². The topological polar surface area (TPSA) is 140 Å². The summed E-state index contributed by atoms with van der Waals surface area (Å²) in [6, 6.07) is 15.4. The molecule has 4 atom stereocenters. The van der Waals surface area contributed by atoms with Crippen molar-refractivity contribution in [1.82, 2.24) is 24.8 Å². The molecular weight excluding hydrogens is 579 g/mol. The molecule has 6 rings (SSSR count). The van der Waals surface area contributed by atoms with Gasteiger partial charge in [-0.05, 0) is 56.3 Å². The number of rotatable bonds is 8. The fraction of sp³-hybridized carbons (Fsp3) is 0.469. The van der Waals surface area contributed by atoms with Crippen molar-refractivity contribution in [3.63, 3.8) is 0 Å². The number of carbonyl (C=O) groups is 1. The lowest BCUT2D eigenvalue weighted by atomic mass is 9.98. The van der Waals surface area contributed by atoms with Gasteiger partial charge in [0.2, 0.25) is 5.95 Å². The Kier molecular flexibility index (Phi) is 9.07. The van der Waals surface area contributed by atoms with Gasteiger partial charge in [-0.25, -0.2) is 14.4 Å². The number of amides is 1. The van der Waals surface area contributed by atoms with Gasteiger partial charge in [0, 0.05) is 55.6 Å². The van der Waals surface area contributed by atoms with Gasteiger partial charge >= 0.3 is 0 Å². The van der Waals surface area contributed by atoms with Crippen LogP contribution in [0.5, 0.6) is 5.75 Å². The predicted molar refractivity (Wildman–Crippen MR) is 165 cm³/mol. The van der Waals surface area contributed by atoms with Crippen LogP contribution in [0.4, 0.5) is 21.7 Å². The average molecular weight is 617 g/mol. The van der Waals surface area contributed by atoms with E-state index in [0.717, 1.165) is 45.1 Å². The first-order valence-electron chi connectivity index (χ1n) is 15.3. The number of hydrogen-bond acceptors (Lipinski definition) is 11. The lowest BCUT2D eigenvalue weighted by Gasteiger charge is -2.43. The van der Waals surface area contributed by atoms with E-state index in [4.69, 9.17) is 9.47 Å². The fourth-order valence-electron chi connectivity index (χ4n) is 5.95. The molecule has 12 nitrogen and oxygen atoms in total. The number of carbonyl (C=O) groups excluding carboxylic acids is 1. The molecule has 3 aliphatic heterocycles. The number of piperidine rings is 1. The molecule has 1 aromatic heterocycles. The lowest BCUT2D eigenvalue weighted by molar-refractivity contribution is -0.146. The number of hydrogen-bond donors (Lipinski definition) is 2. The molecule has 4 heterocycles. The molecule has 3 fully saturated rings. The molecule has 0 unspecified atom stereocenters. The first-order valence-corrected chi connectivity index (χ1v) is 15.3. The molecule has 13 heteroatoms. The summed E-state index contributed by atoms with van der Waals surface area (Å²) >= 11 is 0. The zero-order chi connectivity index (χ0) is 31.5. The number of piperazine rings is 1. The van der Waals surface area contributed by atoms with E-state index in [-0.39, 0.29) is 30.3 Å². The maximum atomic E-state index is 15.0. The highest BCUT2D eigenvalue weighted by molar-refractivity contribution is 5.80. The number of aromatic nitrogens is 3. The van der Waals surface area contributed by atoms with Crippen LogP contribution in [0.15, 0.2) is 48.8 Å². The van der Waals surface area contributed by atoms with Gasteiger partial charge in [-0.2, -0.15) is 10.2 Å². The first-order chi connectivity index (χ1) is 21.8. The van der Waals surface area contributed by atoms with E-state index in [0.29, 0.717) is 23.4 Å². The molecule has 236 valence electrons. The van der Waals surface area contributed by atoms with Crippen molar-refractivity contribution in [2.45, 2.75) is 50.7 Å². The van der Waals surface area contributed by atoms with E-state index in [1.807, 2.05) is 12.1 Å². The smallest absolute Gasteiger partial charge is 0.251 e. The van der Waals surface area contributed by atoms with Crippen LogP contribution < -0.4 is 15.0 Å². The van der Waals surface area contributed by atoms with Gasteiger partial charge in [0.25, 0.3) is 5.91 Å². The van der Waals surface area contributed by atoms with Crippen molar-refractivity contribution >= 4 is 23.2 Å². The zero-order valence-electron chi connectivity index (χ0n) is 25.3. The Hall–Kier alpha value is -4.38. The minimum atomic E-state index is -1.47. The third kappa shape index (κ3) is 6.83. The molecule has 3 aliphatic rings. The summed E-state index contributed by atoms with van der Waals surface area (Å²) in [4.78, 5) is 31.5. The zero-order valence-corrected chi connectivity index (χ0v) is 25.3. The minimum Gasteiger partial charge on any atom is -0.486 e. The molecular formula is C32H37FN8O4. The second-order valence-corrected chi connectivity index (χ2v) is 11.8. The molecule has 0 aliphatic carbocycles. The van der Waals surface area contributed by atoms with Gasteiger partial charge < -0.3 is 29.7 Å². The second kappa shape index (κ2) is 13.3. The van der Waals surface area contributed by atoms with Crippen LogP contribution in [-0.4, -0.2) is 112 Å². The summed E-state index contributed by atoms with van der Waals surface area (Å²) in [6.07, 6.45) is -1.89. The number of alkyl halides is 1. The number of nitriles is 1. The van der Waals surface area contributed by atoms with Gasteiger partial charge in [0.1, 0.15) is 30.4 Å². The van der Waals surface area contributed by atoms with Crippen molar-refractivity contribution in [3.05, 3.63) is 54.4 Å². The van der Waals surface area contributed by atoms with Crippen molar-refractivity contribution < 1.29 is 23.8 Å². The van der Waals surface area contributed by atoms with Gasteiger partial charge in [0.05, 0.1) is 31.4 Å². The Labute approximate surface area is 261 Å². The van der Waals surface area contributed by atoms with Crippen LogP contribution in [0.2, 0.25) is 0 Å². The molecule has 3 saturated heterocycles. The average Bonchev–Trinajstić information content (AvgIpc) is 3.02. The highest BCUT2D eigenvalue weighted by atomic mass is 19.1. The number of aliphatic hydroxyl groups excluding tert-OH is 1. The van der Waals surface area contributed by atoms with Crippen molar-refractivity contribution in [3.8, 4) is 23.2 Å². The second-order valence-electron chi connectivity index (χ2n) is 11.8. The molecule has 3 aromatic rings. The van der Waals surface area contributed by atoms with Crippen LogP contribution >= 0.6 is 0 Å². The van der Waals surface area contributed by atoms with Crippen molar-refractivity contribution in [2.75, 3.05) is 56.2 Å². The van der Waals surface area contributed by atoms with E-state index in [1.165, 1.54) is 23.8 Å². The number of benzene rings is 2. The summed E-state index contributed by atoms with van der Waals surface area (Å²) in [7, 11) is 0. The third-order valence-corrected chi connectivity index (χ3v) is 8.67. The largest absolute Gasteiger partial charge is 0.486 e. The number of nitrogens with zero attached hydrogens (tertiary/aromatic N) is 7. The maximum Gasteiger partial charge on any atom is 0.251 e. The highest BCUT2D eigenvalue weighted by Gasteiger charge is 2.38. The van der Waals surface area contributed by atoms with Gasteiger partial charge in [0.15, 0.2) is 12.0 Å². The molecule has 0 saturated carbocycles. The molecule has 1 amide bonds. The Morgan fingerprint density at radius 2 is 1.91 bits per heavy atom. The van der Waals surface area contributed by atoms with Crippen molar-refractivity contribution in [2.24, 2.45) is 0 Å². The summed E-state index contributed by atoms with van der Waals surface area (Å²) < 4.78 is 26.3. The molecule has 2 aromatic carbocycles. The van der Waals surface area contributed by atoms with E-state index in [9.17, 15) is 15.2 Å². The predicted octanol–water partition coefficient (Wildman–Crippen LogP) is 2.76. The minimum absolute atomic E-state index is 0.188. The van der Waals surface area contributed by atoms with Crippen LogP contribution in [0.25, 0.3) is 11.4 Å². The Balaban J connectivity index is 1.08. The number of ether oxygens (including phenoxy) is 2. The van der Waals surface area contributed by atoms with Gasteiger partial charge in [-0.15, -0.1) is 0 Å². The lowest BCUT2D eigenvalue weighted by Crippen LogP contribution is -2.56. The summed E-state index contributed by atoms with van der Waals surface area (Å²) in [6.45, 7) is 8.67. The number of likely N-dealkylation sites (tertiary alicyclic amines) is 1. The third-order valence-electron chi connectivity index (χ3n) is 8.67. The monoisotopic (exact) mass is 616 g/mol. The molecule has 0 radical (unpaired) electrons. The SMILES string of the molecule is C[C@H](O)C(=O)N1C[C@H](F)[C@@H](Oc2ccc(-c3ncnc(Nc4ccc(N5CCN(C6COC6)CC5)cc4)n3)cc2C#N)C[C@@H]1C. The van der Waals surface area contributed by atoms with Crippen molar-refractivity contribution in [1.29, 1.82) is 5.26 Å². The Morgan fingerprint density at radius 3 is 2.58 bits per heavy atom. The number of halogens is 1. The first kappa shape index (κ1) is 30.6. The van der Waals surface area contributed by atoms with E-state index < -0.39 is 24.3 Å². The Morgan fingerprint density at radius 1 is 1.16 bits per heavy atom.